The molecule has 0 saturated carbocycles. The van der Waals surface area contributed by atoms with Crippen molar-refractivity contribution in [1.29, 1.82) is 0 Å². The van der Waals surface area contributed by atoms with Gasteiger partial charge in [0, 0.05) is 41.6 Å². The second kappa shape index (κ2) is 8.81. The molecule has 0 atom stereocenters. The molecule has 3 rings (SSSR count). The smallest absolute Gasteiger partial charge is 0.315 e. The topological polar surface area (TPSA) is 157 Å². The van der Waals surface area contributed by atoms with Crippen LogP contribution in [0.15, 0.2) is 53.0 Å². The zero-order valence-electron chi connectivity index (χ0n) is 16.8. The second-order valence-electron chi connectivity index (χ2n) is 6.66. The molecule has 0 fully saturated rings. The second-order valence-corrected chi connectivity index (χ2v) is 10.5. The van der Waals surface area contributed by atoms with Crippen molar-refractivity contribution in [2.75, 3.05) is 12.5 Å². The molecule has 3 aromatic rings. The van der Waals surface area contributed by atoms with E-state index >= 15 is 0 Å². The first-order chi connectivity index (χ1) is 14.9. The Morgan fingerprint density at radius 3 is 1.75 bits per heavy atom. The van der Waals surface area contributed by atoms with Crippen LogP contribution in [-0.2, 0) is 24.5 Å². The quantitative estimate of drug-likeness (QED) is 0.423. The van der Waals surface area contributed by atoms with Crippen LogP contribution in [0.5, 0.6) is 0 Å². The summed E-state index contributed by atoms with van der Waals surface area (Å²) in [7, 11) is -7.31. The minimum atomic E-state index is -3.65. The van der Waals surface area contributed by atoms with Crippen LogP contribution in [0.4, 0.5) is 0 Å². The Kier molecular flexibility index (Phi) is 6.33. The molecule has 2 heterocycles. The van der Waals surface area contributed by atoms with Crippen LogP contribution in [0, 0.1) is 11.8 Å². The number of benzene rings is 1. The number of sulfone groups is 2. The summed E-state index contributed by atoms with van der Waals surface area (Å²) in [4.78, 5) is 26.5. The van der Waals surface area contributed by atoms with E-state index in [0.29, 0.717) is 16.7 Å². The number of aliphatic carboxylic acids is 1. The van der Waals surface area contributed by atoms with Crippen molar-refractivity contribution in [1.82, 2.24) is 19.9 Å². The lowest BCUT2D eigenvalue weighted by molar-refractivity contribution is -0.135. The van der Waals surface area contributed by atoms with Gasteiger partial charge in [-0.05, 0) is 30.3 Å². The van der Waals surface area contributed by atoms with Gasteiger partial charge in [0.05, 0.1) is 11.4 Å². The minimum absolute atomic E-state index is 0.279. The van der Waals surface area contributed by atoms with Crippen LogP contribution in [-0.4, -0.2) is 60.4 Å². The summed E-state index contributed by atoms with van der Waals surface area (Å²) in [5, 5.41) is 8.10. The van der Waals surface area contributed by atoms with Crippen LogP contribution < -0.4 is 0 Å². The summed E-state index contributed by atoms with van der Waals surface area (Å²) < 4.78 is 47.3. The standard InChI is InChI=1S/C20H16N4O6S2/c1-31(27,28)19-21-8-6-16(23-19)14-10-13(4-3-5-18(25)26)11-15(12-14)17-7-9-22-20(24-17)32(2,29)30/h6-12H,5H2,1-2H3,(H,25,26). The zero-order valence-corrected chi connectivity index (χ0v) is 18.5. The van der Waals surface area contributed by atoms with Crippen molar-refractivity contribution in [3.63, 3.8) is 0 Å². The fraction of sp³-hybridized carbons (Fsp3) is 0.150. The SMILES string of the molecule is CS(=O)(=O)c1nccc(-c2cc(C#CCC(=O)O)cc(-c3ccnc(S(C)(=O)=O)n3)c2)n1. The third-order valence-corrected chi connectivity index (χ3v) is 5.65. The summed E-state index contributed by atoms with van der Waals surface area (Å²) in [5.41, 5.74) is 1.86. The van der Waals surface area contributed by atoms with Gasteiger partial charge in [-0.1, -0.05) is 11.8 Å². The highest BCUT2D eigenvalue weighted by Gasteiger charge is 2.15. The lowest BCUT2D eigenvalue weighted by Gasteiger charge is -2.08. The molecule has 12 heteroatoms. The molecule has 32 heavy (non-hydrogen) atoms. The lowest BCUT2D eigenvalue weighted by Crippen LogP contribution is -2.05. The Balaban J connectivity index is 2.21. The van der Waals surface area contributed by atoms with Gasteiger partial charge in [0.25, 0.3) is 0 Å². The fourth-order valence-electron chi connectivity index (χ4n) is 2.58. The van der Waals surface area contributed by atoms with Crippen molar-refractivity contribution in [3.05, 3.63) is 48.3 Å². The molecule has 0 radical (unpaired) electrons. The highest BCUT2D eigenvalue weighted by molar-refractivity contribution is 7.90. The van der Waals surface area contributed by atoms with Gasteiger partial charge in [0.15, 0.2) is 0 Å². The summed E-state index contributed by atoms with van der Waals surface area (Å²) >= 11 is 0. The van der Waals surface area contributed by atoms with Gasteiger partial charge >= 0.3 is 5.97 Å². The molecule has 1 N–H and O–H groups in total. The minimum Gasteiger partial charge on any atom is -0.481 e. The maximum absolute atomic E-state index is 11.8. The van der Waals surface area contributed by atoms with Crippen molar-refractivity contribution < 1.29 is 26.7 Å². The first kappa shape index (κ1) is 23.0. The third kappa shape index (κ3) is 5.71. The maximum Gasteiger partial charge on any atom is 0.315 e. The van der Waals surface area contributed by atoms with Crippen molar-refractivity contribution in [2.45, 2.75) is 16.7 Å². The molecule has 0 aliphatic heterocycles. The molecule has 10 nitrogen and oxygen atoms in total. The van der Waals surface area contributed by atoms with Gasteiger partial charge in [-0.2, -0.15) is 0 Å². The van der Waals surface area contributed by atoms with Crippen LogP contribution in [0.2, 0.25) is 0 Å². The predicted octanol–water partition coefficient (Wildman–Crippen LogP) is 1.23. The van der Waals surface area contributed by atoms with Crippen LogP contribution >= 0.6 is 0 Å². The molecular formula is C20H16N4O6S2. The maximum atomic E-state index is 11.8. The van der Waals surface area contributed by atoms with E-state index in [-0.39, 0.29) is 28.1 Å². The Labute approximate surface area is 184 Å². The summed E-state index contributed by atoms with van der Waals surface area (Å²) in [6, 6.07) is 7.84. The third-order valence-electron chi connectivity index (χ3n) is 3.93. The summed E-state index contributed by atoms with van der Waals surface area (Å²) in [6.07, 6.45) is 4.19. The van der Waals surface area contributed by atoms with Crippen LogP contribution in [0.25, 0.3) is 22.5 Å². The van der Waals surface area contributed by atoms with E-state index in [4.69, 9.17) is 5.11 Å². The monoisotopic (exact) mass is 472 g/mol. The Morgan fingerprint density at radius 1 is 0.875 bits per heavy atom. The van der Waals surface area contributed by atoms with Gasteiger partial charge < -0.3 is 5.11 Å². The Hall–Kier alpha value is -3.69. The first-order valence-corrected chi connectivity index (χ1v) is 12.6. The Bertz CT molecular complexity index is 1400. The average molecular weight is 473 g/mol. The van der Waals surface area contributed by atoms with Crippen molar-refractivity contribution in [2.24, 2.45) is 0 Å². The highest BCUT2D eigenvalue weighted by Crippen LogP contribution is 2.27. The molecule has 2 aromatic heterocycles. The normalized spacial score (nSPS) is 11.4. The van der Waals surface area contributed by atoms with E-state index < -0.39 is 25.6 Å². The summed E-state index contributed by atoms with van der Waals surface area (Å²) in [5.74, 6) is 4.17. The van der Waals surface area contributed by atoms with E-state index in [0.717, 1.165) is 12.5 Å². The number of hydrogen-bond acceptors (Lipinski definition) is 9. The molecule has 0 saturated heterocycles. The highest BCUT2D eigenvalue weighted by atomic mass is 32.2. The lowest BCUT2D eigenvalue weighted by atomic mass is 10.0. The van der Waals surface area contributed by atoms with Gasteiger partial charge in [-0.15, -0.1) is 0 Å². The van der Waals surface area contributed by atoms with Crippen molar-refractivity contribution >= 4 is 25.6 Å². The molecule has 0 spiro atoms. The Morgan fingerprint density at radius 2 is 1.34 bits per heavy atom. The molecule has 0 aliphatic rings. The molecule has 0 bridgehead atoms. The van der Waals surface area contributed by atoms with Crippen molar-refractivity contribution in [3.8, 4) is 34.4 Å². The zero-order chi connectivity index (χ0) is 23.5. The van der Waals surface area contributed by atoms with Gasteiger partial charge in [0.2, 0.25) is 30.0 Å². The number of rotatable bonds is 5. The number of nitrogens with zero attached hydrogens (tertiary/aromatic N) is 4. The summed E-state index contributed by atoms with van der Waals surface area (Å²) in [6.45, 7) is 0. The largest absolute Gasteiger partial charge is 0.481 e. The number of carboxylic acids is 1. The van der Waals surface area contributed by atoms with E-state index in [2.05, 4.69) is 31.8 Å². The molecule has 0 unspecified atom stereocenters. The van der Waals surface area contributed by atoms with E-state index in [1.807, 2.05) is 0 Å². The molecule has 1 aromatic carbocycles. The van der Waals surface area contributed by atoms with Crippen LogP contribution in [0.3, 0.4) is 0 Å². The van der Waals surface area contributed by atoms with E-state index in [1.165, 1.54) is 24.5 Å². The van der Waals surface area contributed by atoms with E-state index in [9.17, 15) is 21.6 Å². The molecule has 0 amide bonds. The van der Waals surface area contributed by atoms with Gasteiger partial charge in [-0.25, -0.2) is 36.8 Å². The van der Waals surface area contributed by atoms with E-state index in [1.54, 1.807) is 18.2 Å². The number of carbonyl (C=O) groups is 1. The van der Waals surface area contributed by atoms with Gasteiger partial charge in [0.1, 0.15) is 6.42 Å². The number of hydrogen-bond donors (Lipinski definition) is 1. The number of aromatic nitrogens is 4. The molecular weight excluding hydrogens is 456 g/mol. The molecule has 0 aliphatic carbocycles. The average Bonchev–Trinajstić information content (AvgIpc) is 2.72. The van der Waals surface area contributed by atoms with Gasteiger partial charge in [-0.3, -0.25) is 4.79 Å². The molecule has 164 valence electrons. The fourth-order valence-corrected chi connectivity index (χ4v) is 3.61. The van der Waals surface area contributed by atoms with Crippen LogP contribution in [0.1, 0.15) is 12.0 Å². The number of carboxylic acid groups (broad SMARTS) is 1. The predicted molar refractivity (Wildman–Crippen MR) is 114 cm³/mol. The first-order valence-electron chi connectivity index (χ1n) is 8.86.